The summed E-state index contributed by atoms with van der Waals surface area (Å²) in [4.78, 5) is 22.4. The van der Waals surface area contributed by atoms with Crippen molar-refractivity contribution in [2.75, 3.05) is 27.3 Å². The van der Waals surface area contributed by atoms with Crippen LogP contribution in [0.25, 0.3) is 0 Å². The van der Waals surface area contributed by atoms with Crippen LogP contribution in [0.1, 0.15) is 23.7 Å². The molecule has 10 heteroatoms. The highest BCUT2D eigenvalue weighted by Crippen LogP contribution is 2.34. The minimum absolute atomic E-state index is 0.0160. The van der Waals surface area contributed by atoms with Crippen LogP contribution in [-0.2, 0) is 19.6 Å². The molecule has 0 radical (unpaired) electrons. The molecular weight excluding hydrogens is 362 g/mol. The van der Waals surface area contributed by atoms with Crippen molar-refractivity contribution in [2.24, 2.45) is 0 Å². The van der Waals surface area contributed by atoms with Crippen molar-refractivity contribution in [3.8, 4) is 5.75 Å². The third-order valence-electron chi connectivity index (χ3n) is 3.03. The minimum Gasteiger partial charge on any atom is -0.494 e. The first-order chi connectivity index (χ1) is 11.2. The van der Waals surface area contributed by atoms with E-state index >= 15 is 0 Å². The quantitative estimate of drug-likeness (QED) is 0.683. The molecule has 0 aliphatic heterocycles. The second-order valence-corrected chi connectivity index (χ2v) is 7.05. The van der Waals surface area contributed by atoms with Crippen LogP contribution in [0.3, 0.4) is 0 Å². The van der Waals surface area contributed by atoms with E-state index in [2.05, 4.69) is 4.74 Å². The number of carbonyl (C=O) groups is 2. The van der Waals surface area contributed by atoms with Crippen LogP contribution < -0.4 is 4.74 Å². The van der Waals surface area contributed by atoms with Crippen LogP contribution in [0, 0.1) is 0 Å². The molecule has 0 aromatic heterocycles. The van der Waals surface area contributed by atoms with Gasteiger partial charge in [0, 0.05) is 11.6 Å². The van der Waals surface area contributed by atoms with Gasteiger partial charge in [-0.15, -0.1) is 0 Å². The maximum Gasteiger partial charge on any atom is 0.341 e. The van der Waals surface area contributed by atoms with E-state index in [0.29, 0.717) is 6.42 Å². The van der Waals surface area contributed by atoms with E-state index in [4.69, 9.17) is 21.4 Å². The SMILES string of the molecule is CCCN(CC(=O)O)S(=O)(=O)c1cc(Cl)cc(C(=O)OC)c1OC. The van der Waals surface area contributed by atoms with Crippen LogP contribution in [-0.4, -0.2) is 57.1 Å². The van der Waals surface area contributed by atoms with Gasteiger partial charge in [0.15, 0.2) is 5.75 Å². The number of nitrogens with zero attached hydrogens (tertiary/aromatic N) is 1. The van der Waals surface area contributed by atoms with Crippen molar-refractivity contribution >= 4 is 33.6 Å². The van der Waals surface area contributed by atoms with Crippen molar-refractivity contribution in [1.82, 2.24) is 4.31 Å². The largest absolute Gasteiger partial charge is 0.494 e. The first kappa shape index (κ1) is 20.2. The van der Waals surface area contributed by atoms with Crippen LogP contribution in [0.4, 0.5) is 0 Å². The van der Waals surface area contributed by atoms with E-state index in [9.17, 15) is 18.0 Å². The summed E-state index contributed by atoms with van der Waals surface area (Å²) >= 11 is 5.91. The molecule has 1 rings (SSSR count). The Morgan fingerprint density at radius 2 is 1.92 bits per heavy atom. The molecule has 1 aromatic rings. The average Bonchev–Trinajstić information content (AvgIpc) is 2.52. The van der Waals surface area contributed by atoms with Crippen molar-refractivity contribution in [2.45, 2.75) is 18.2 Å². The number of ether oxygens (including phenoxy) is 2. The molecule has 0 aliphatic carbocycles. The molecule has 8 nitrogen and oxygen atoms in total. The molecule has 0 aliphatic rings. The van der Waals surface area contributed by atoms with Gasteiger partial charge in [-0.25, -0.2) is 13.2 Å². The van der Waals surface area contributed by atoms with Gasteiger partial charge in [0.1, 0.15) is 17.0 Å². The second kappa shape index (κ2) is 8.32. The summed E-state index contributed by atoms with van der Waals surface area (Å²) in [5.74, 6) is -2.38. The van der Waals surface area contributed by atoms with E-state index in [1.807, 2.05) is 0 Å². The lowest BCUT2D eigenvalue weighted by Gasteiger charge is -2.22. The molecule has 0 unspecified atom stereocenters. The highest BCUT2D eigenvalue weighted by molar-refractivity contribution is 7.89. The van der Waals surface area contributed by atoms with E-state index in [1.54, 1.807) is 6.92 Å². The van der Waals surface area contributed by atoms with Gasteiger partial charge in [-0.05, 0) is 18.6 Å². The number of aliphatic carboxylic acids is 1. The standard InChI is InChI=1S/C14H18ClNO7S/c1-4-5-16(8-12(17)18)24(20,21)11-7-9(15)6-10(13(11)22-2)14(19)23-3/h6-7H,4-5,8H2,1-3H3,(H,17,18). The van der Waals surface area contributed by atoms with Crippen LogP contribution in [0.2, 0.25) is 5.02 Å². The molecule has 0 heterocycles. The van der Waals surface area contributed by atoms with E-state index in [0.717, 1.165) is 17.5 Å². The molecular formula is C14H18ClNO7S. The minimum atomic E-state index is -4.25. The number of halogens is 1. The Morgan fingerprint density at radius 1 is 1.29 bits per heavy atom. The van der Waals surface area contributed by atoms with Crippen molar-refractivity contribution in [1.29, 1.82) is 0 Å². The molecule has 0 fully saturated rings. The number of benzene rings is 1. The number of methoxy groups -OCH3 is 2. The number of carbonyl (C=O) groups excluding carboxylic acids is 1. The lowest BCUT2D eigenvalue weighted by molar-refractivity contribution is -0.137. The number of hydrogen-bond acceptors (Lipinski definition) is 6. The van der Waals surface area contributed by atoms with E-state index in [1.165, 1.54) is 13.2 Å². The normalized spacial score (nSPS) is 11.4. The Hall–Kier alpha value is -1.84. The molecule has 0 bridgehead atoms. The fourth-order valence-corrected chi connectivity index (χ4v) is 4.02. The Bertz CT molecular complexity index is 733. The van der Waals surface area contributed by atoms with Gasteiger partial charge in [-0.1, -0.05) is 18.5 Å². The third-order valence-corrected chi connectivity index (χ3v) is 5.10. The van der Waals surface area contributed by atoms with Gasteiger partial charge >= 0.3 is 11.9 Å². The number of carboxylic acid groups (broad SMARTS) is 1. The molecule has 0 saturated heterocycles. The summed E-state index contributed by atoms with van der Waals surface area (Å²) in [5.41, 5.74) is -0.169. The molecule has 134 valence electrons. The predicted molar refractivity (Wildman–Crippen MR) is 86.0 cm³/mol. The lowest BCUT2D eigenvalue weighted by Crippen LogP contribution is -2.36. The fourth-order valence-electron chi connectivity index (χ4n) is 2.06. The summed E-state index contributed by atoms with van der Waals surface area (Å²) in [6, 6.07) is 2.32. The smallest absolute Gasteiger partial charge is 0.341 e. The average molecular weight is 380 g/mol. The topological polar surface area (TPSA) is 110 Å². The Balaban J connectivity index is 3.59. The van der Waals surface area contributed by atoms with Gasteiger partial charge in [0.05, 0.1) is 14.2 Å². The van der Waals surface area contributed by atoms with Crippen LogP contribution >= 0.6 is 11.6 Å². The molecule has 1 N–H and O–H groups in total. The maximum absolute atomic E-state index is 12.8. The monoisotopic (exact) mass is 379 g/mol. The molecule has 0 amide bonds. The van der Waals surface area contributed by atoms with E-state index in [-0.39, 0.29) is 22.9 Å². The zero-order valence-electron chi connectivity index (χ0n) is 13.4. The zero-order chi connectivity index (χ0) is 18.5. The summed E-state index contributed by atoms with van der Waals surface area (Å²) in [6.45, 7) is 0.969. The summed E-state index contributed by atoms with van der Waals surface area (Å²) in [6.07, 6.45) is 0.402. The Kier molecular flexibility index (Phi) is 7.00. The van der Waals surface area contributed by atoms with E-state index < -0.39 is 33.4 Å². The number of hydrogen-bond donors (Lipinski definition) is 1. The molecule has 0 spiro atoms. The van der Waals surface area contributed by atoms with Crippen LogP contribution in [0.15, 0.2) is 17.0 Å². The molecule has 0 saturated carbocycles. The van der Waals surface area contributed by atoms with Gasteiger partial charge in [0.2, 0.25) is 10.0 Å². The molecule has 24 heavy (non-hydrogen) atoms. The third kappa shape index (κ3) is 4.37. The second-order valence-electron chi connectivity index (χ2n) is 4.71. The molecule has 1 aromatic carbocycles. The zero-order valence-corrected chi connectivity index (χ0v) is 15.0. The first-order valence-corrected chi connectivity index (χ1v) is 8.68. The van der Waals surface area contributed by atoms with Gasteiger partial charge in [-0.3, -0.25) is 4.79 Å². The number of esters is 1. The number of sulfonamides is 1. The van der Waals surface area contributed by atoms with Gasteiger partial charge in [0.25, 0.3) is 0 Å². The summed E-state index contributed by atoms with van der Waals surface area (Å²) < 4.78 is 36.1. The maximum atomic E-state index is 12.8. The van der Waals surface area contributed by atoms with Gasteiger partial charge in [-0.2, -0.15) is 4.31 Å². The van der Waals surface area contributed by atoms with Crippen molar-refractivity contribution in [3.05, 3.63) is 22.7 Å². The van der Waals surface area contributed by atoms with Crippen molar-refractivity contribution < 1.29 is 32.6 Å². The predicted octanol–water partition coefficient (Wildman–Crippen LogP) is 1.62. The highest BCUT2D eigenvalue weighted by atomic mass is 35.5. The lowest BCUT2D eigenvalue weighted by atomic mass is 10.2. The summed E-state index contributed by atoms with van der Waals surface area (Å²) in [7, 11) is -1.93. The fraction of sp³-hybridized carbons (Fsp3) is 0.429. The Labute approximate surface area is 145 Å². The van der Waals surface area contributed by atoms with Crippen LogP contribution in [0.5, 0.6) is 5.75 Å². The highest BCUT2D eigenvalue weighted by Gasteiger charge is 2.32. The summed E-state index contributed by atoms with van der Waals surface area (Å²) in [5, 5.41) is 8.92. The van der Waals surface area contributed by atoms with Gasteiger partial charge < -0.3 is 14.6 Å². The number of carboxylic acids is 1. The number of rotatable bonds is 8. The molecule has 0 atom stereocenters. The first-order valence-electron chi connectivity index (χ1n) is 6.86. The Morgan fingerprint density at radius 3 is 2.38 bits per heavy atom. The van der Waals surface area contributed by atoms with Crippen molar-refractivity contribution in [3.63, 3.8) is 0 Å².